The molecule has 0 spiro atoms. The van der Waals surface area contributed by atoms with E-state index in [1.807, 2.05) is 0 Å². The molecule has 8 heteroatoms. The van der Waals surface area contributed by atoms with Gasteiger partial charge < -0.3 is 0 Å². The second-order valence-corrected chi connectivity index (χ2v) is 6.23. The summed E-state index contributed by atoms with van der Waals surface area (Å²) in [6, 6.07) is 0. The summed E-state index contributed by atoms with van der Waals surface area (Å²) in [6.07, 6.45) is 0. The van der Waals surface area contributed by atoms with Crippen LogP contribution >= 0.6 is 32.3 Å². The van der Waals surface area contributed by atoms with Crippen LogP contribution in [0.15, 0.2) is 4.52 Å². The molecule has 0 saturated carbocycles. The van der Waals surface area contributed by atoms with Gasteiger partial charge in [0.25, 0.3) is 0 Å². The fourth-order valence-corrected chi connectivity index (χ4v) is 4.74. The zero-order valence-corrected chi connectivity index (χ0v) is 7.38. The van der Waals surface area contributed by atoms with Crippen molar-refractivity contribution in [3.05, 3.63) is 0 Å². The van der Waals surface area contributed by atoms with Gasteiger partial charge in [0.15, 0.2) is 0 Å². The average Bonchev–Trinajstić information content (AvgIpc) is 1.90. The van der Waals surface area contributed by atoms with Crippen LogP contribution in [0.1, 0.15) is 0 Å². The van der Waals surface area contributed by atoms with E-state index in [4.69, 9.17) is 0 Å². The Bertz CT molecular complexity index is 210. The molecule has 0 aliphatic carbocycles. The van der Waals surface area contributed by atoms with Crippen LogP contribution in [0.2, 0.25) is 0 Å². The molecule has 0 aromatic rings. The first-order chi connectivity index (χ1) is 3.93. The SMILES string of the molecule is O=P#P1N=PNPN1. The van der Waals surface area contributed by atoms with Crippen molar-refractivity contribution in [2.24, 2.45) is 4.52 Å². The van der Waals surface area contributed by atoms with Gasteiger partial charge in [-0.05, 0) is 0 Å². The van der Waals surface area contributed by atoms with E-state index in [1.54, 1.807) is 0 Å². The van der Waals surface area contributed by atoms with Crippen molar-refractivity contribution in [1.29, 1.82) is 0 Å². The number of hydrogen-bond acceptors (Lipinski definition) is 4. The van der Waals surface area contributed by atoms with E-state index < -0.39 is 7.33 Å². The summed E-state index contributed by atoms with van der Waals surface area (Å²) >= 11 is 0. The maximum absolute atomic E-state index is 10.1. The Labute approximate surface area is 51.8 Å². The van der Waals surface area contributed by atoms with Gasteiger partial charge in [-0.25, -0.2) is 0 Å². The van der Waals surface area contributed by atoms with Gasteiger partial charge in [-0.3, -0.25) is 0 Å². The number of rotatable bonds is 0. The summed E-state index contributed by atoms with van der Waals surface area (Å²) in [5.41, 5.74) is 0. The van der Waals surface area contributed by atoms with Crippen LogP contribution in [0.25, 0.3) is 0 Å². The molecule has 0 fully saturated rings. The number of hydrogen-bond donors (Lipinski definition) is 2. The van der Waals surface area contributed by atoms with E-state index in [2.05, 4.69) is 14.2 Å². The quantitative estimate of drug-likeness (QED) is 0.569. The van der Waals surface area contributed by atoms with Gasteiger partial charge in [0.2, 0.25) is 0 Å². The summed E-state index contributed by atoms with van der Waals surface area (Å²) in [7, 11) is 0.743. The molecule has 2 N–H and O–H groups in total. The van der Waals surface area contributed by atoms with Gasteiger partial charge in [-0.15, -0.1) is 0 Å². The van der Waals surface area contributed by atoms with E-state index in [0.29, 0.717) is 8.88 Å². The van der Waals surface area contributed by atoms with Crippen molar-refractivity contribution in [1.82, 2.24) is 9.72 Å². The van der Waals surface area contributed by atoms with E-state index in [1.165, 1.54) is 0 Å². The average molecular weight is 185 g/mol. The minimum absolute atomic E-state index is 0.123. The molecular formula is H3N3OP4. The van der Waals surface area contributed by atoms with Crippen LogP contribution in [0.4, 0.5) is 0 Å². The molecule has 0 bridgehead atoms. The first kappa shape index (κ1) is 7.09. The molecule has 1 aliphatic heterocycles. The number of nitrogens with zero attached hydrogens (tertiary/aromatic N) is 1. The first-order valence-electron chi connectivity index (χ1n) is 1.73. The Kier molecular flexibility index (Phi) is 3.46. The van der Waals surface area contributed by atoms with Crippen molar-refractivity contribution in [3.63, 3.8) is 0 Å². The van der Waals surface area contributed by atoms with Crippen molar-refractivity contribution in [3.8, 4) is 0 Å². The Balaban J connectivity index is 2.81. The van der Waals surface area contributed by atoms with E-state index in [9.17, 15) is 4.57 Å². The predicted molar refractivity (Wildman–Crippen MR) is 38.5 cm³/mol. The van der Waals surface area contributed by atoms with Crippen molar-refractivity contribution in [2.75, 3.05) is 0 Å². The maximum atomic E-state index is 10.1. The van der Waals surface area contributed by atoms with Gasteiger partial charge in [0.05, 0.1) is 0 Å². The third kappa shape index (κ3) is 2.07. The van der Waals surface area contributed by atoms with Crippen LogP contribution in [0, 0.1) is 0 Å². The Morgan fingerprint density at radius 3 is 3.12 bits per heavy atom. The molecule has 1 aliphatic rings. The molecule has 1 rings (SSSR count). The van der Waals surface area contributed by atoms with Crippen LogP contribution in [0.5, 0.6) is 0 Å². The van der Waals surface area contributed by atoms with Crippen molar-refractivity contribution < 1.29 is 4.57 Å². The first-order valence-corrected chi connectivity index (χ1v) is 6.39. The molecule has 44 valence electrons. The van der Waals surface area contributed by atoms with Gasteiger partial charge in [-0.2, -0.15) is 0 Å². The fourth-order valence-electron chi connectivity index (χ4n) is 0.224. The third-order valence-electron chi connectivity index (χ3n) is 0.469. The molecule has 1 heterocycles. The molecule has 0 aromatic heterocycles. The van der Waals surface area contributed by atoms with Gasteiger partial charge in [0.1, 0.15) is 0 Å². The van der Waals surface area contributed by atoms with Crippen molar-refractivity contribution >= 4 is 32.3 Å². The second kappa shape index (κ2) is 3.90. The Morgan fingerprint density at radius 2 is 2.75 bits per heavy atom. The molecule has 2 unspecified atom stereocenters. The molecular weight excluding hydrogens is 182 g/mol. The van der Waals surface area contributed by atoms with E-state index in [-0.39, 0.29) is 7.56 Å². The van der Waals surface area contributed by atoms with Crippen LogP contribution in [-0.2, 0) is 4.57 Å². The van der Waals surface area contributed by atoms with E-state index in [0.717, 1.165) is 8.52 Å². The topological polar surface area (TPSA) is 53.5 Å². The van der Waals surface area contributed by atoms with Crippen LogP contribution < -0.4 is 9.72 Å². The second-order valence-electron chi connectivity index (χ2n) is 0.909. The fraction of sp³-hybridized carbons (Fsp3) is 0. The molecule has 2 atom stereocenters. The molecule has 0 saturated heterocycles. The van der Waals surface area contributed by atoms with Crippen molar-refractivity contribution in [2.45, 2.75) is 0 Å². The third-order valence-corrected chi connectivity index (χ3v) is 5.84. The summed E-state index contributed by atoms with van der Waals surface area (Å²) in [6.45, 7) is 0. The monoisotopic (exact) mass is 185 g/mol. The molecule has 8 heavy (non-hydrogen) atoms. The van der Waals surface area contributed by atoms with E-state index >= 15 is 0 Å². The zero-order chi connectivity index (χ0) is 5.82. The van der Waals surface area contributed by atoms with Gasteiger partial charge in [-0.1, -0.05) is 0 Å². The van der Waals surface area contributed by atoms with Gasteiger partial charge in [0, 0.05) is 0 Å². The molecule has 0 amide bonds. The van der Waals surface area contributed by atoms with Gasteiger partial charge >= 0.3 is 51.1 Å². The molecule has 0 aromatic carbocycles. The standard InChI is InChI=1S/H3N3OP4/c4-7-8-2-5-1-6-3-8/h2,5H,(H,1,3). The Hall–Kier alpha value is 0.980. The van der Waals surface area contributed by atoms with Crippen LogP contribution in [-0.4, -0.2) is 0 Å². The zero-order valence-electron chi connectivity index (χ0n) is 3.70. The minimum atomic E-state index is -0.740. The normalized spacial score (nSPS) is 28.2. The summed E-state index contributed by atoms with van der Waals surface area (Å²) in [5.74, 6) is 0. The number of nitrogens with one attached hydrogen (secondary N) is 2. The molecule has 4 nitrogen and oxygen atoms in total. The van der Waals surface area contributed by atoms with Crippen LogP contribution in [0.3, 0.4) is 0 Å². The Morgan fingerprint density at radius 1 is 1.88 bits per heavy atom. The summed E-state index contributed by atoms with van der Waals surface area (Å²) < 4.78 is 14.0. The summed E-state index contributed by atoms with van der Waals surface area (Å²) in [5, 5.41) is 0. The molecule has 0 radical (unpaired) electrons. The predicted octanol–water partition coefficient (Wildman–Crippen LogP) is 2.25. The summed E-state index contributed by atoms with van der Waals surface area (Å²) in [4.78, 5) is 5.90.